The minimum Gasteiger partial charge on any atom is -0.711 e. The quantitative estimate of drug-likeness (QED) is 0.519. The molecule has 0 aliphatic carbocycles. The van der Waals surface area contributed by atoms with Crippen molar-refractivity contribution >= 4 is 5.82 Å². The molecule has 66 valence electrons. The van der Waals surface area contributed by atoms with Crippen LogP contribution >= 0.6 is 0 Å². The van der Waals surface area contributed by atoms with Crippen LogP contribution in [0.1, 0.15) is 13.3 Å². The molecular formula is C8H12N2O2. The number of aromatic nitrogens is 1. The van der Waals surface area contributed by atoms with Gasteiger partial charge in [-0.1, -0.05) is 6.92 Å². The van der Waals surface area contributed by atoms with Gasteiger partial charge in [-0.15, -0.1) is 0 Å². The SMILES string of the molecule is CCCNc1c(O)ccc[n+]1[O-]. The summed E-state index contributed by atoms with van der Waals surface area (Å²) in [6, 6.07) is 2.98. The second-order valence-electron chi connectivity index (χ2n) is 2.49. The topological polar surface area (TPSA) is 59.2 Å². The van der Waals surface area contributed by atoms with Gasteiger partial charge in [0.2, 0.25) is 5.75 Å². The van der Waals surface area contributed by atoms with Gasteiger partial charge >= 0.3 is 5.82 Å². The summed E-state index contributed by atoms with van der Waals surface area (Å²) in [7, 11) is 0. The summed E-state index contributed by atoms with van der Waals surface area (Å²) in [4.78, 5) is 0. The zero-order valence-corrected chi connectivity index (χ0v) is 6.95. The highest BCUT2D eigenvalue weighted by atomic mass is 16.5. The van der Waals surface area contributed by atoms with Crippen molar-refractivity contribution in [1.82, 2.24) is 0 Å². The maximum atomic E-state index is 11.0. The Morgan fingerprint density at radius 2 is 2.42 bits per heavy atom. The predicted molar refractivity (Wildman–Crippen MR) is 45.8 cm³/mol. The molecule has 4 nitrogen and oxygen atoms in total. The lowest BCUT2D eigenvalue weighted by molar-refractivity contribution is -0.590. The number of hydrogen-bond donors (Lipinski definition) is 2. The molecule has 0 aliphatic heterocycles. The van der Waals surface area contributed by atoms with E-state index < -0.39 is 0 Å². The van der Waals surface area contributed by atoms with Crippen molar-refractivity contribution in [2.24, 2.45) is 0 Å². The van der Waals surface area contributed by atoms with E-state index in [1.54, 1.807) is 0 Å². The van der Waals surface area contributed by atoms with Crippen molar-refractivity contribution in [2.75, 3.05) is 11.9 Å². The van der Waals surface area contributed by atoms with E-state index >= 15 is 0 Å². The molecule has 0 saturated carbocycles. The van der Waals surface area contributed by atoms with Crippen LogP contribution < -0.4 is 10.0 Å². The molecule has 0 amide bonds. The standard InChI is InChI=1S/C8H12N2O2/c1-2-5-9-8-7(11)4-3-6-10(8)12/h3-4,6,9,11H,2,5H2,1H3. The highest BCUT2D eigenvalue weighted by molar-refractivity contribution is 5.43. The van der Waals surface area contributed by atoms with Crippen LogP contribution in [-0.4, -0.2) is 11.7 Å². The molecule has 1 aromatic heterocycles. The Morgan fingerprint density at radius 1 is 1.67 bits per heavy atom. The van der Waals surface area contributed by atoms with Gasteiger partial charge in [0.1, 0.15) is 0 Å². The number of anilines is 1. The van der Waals surface area contributed by atoms with Crippen LogP contribution in [0.15, 0.2) is 18.3 Å². The van der Waals surface area contributed by atoms with Gasteiger partial charge in [-0.25, -0.2) is 4.73 Å². The predicted octanol–water partition coefficient (Wildman–Crippen LogP) is 0.847. The van der Waals surface area contributed by atoms with Gasteiger partial charge in [-0.2, -0.15) is 0 Å². The Balaban J connectivity index is 2.81. The van der Waals surface area contributed by atoms with Crippen molar-refractivity contribution in [3.63, 3.8) is 0 Å². The zero-order valence-electron chi connectivity index (χ0n) is 6.95. The summed E-state index contributed by atoms with van der Waals surface area (Å²) in [5.41, 5.74) is 0. The van der Waals surface area contributed by atoms with Crippen molar-refractivity contribution in [3.8, 4) is 5.75 Å². The van der Waals surface area contributed by atoms with Crippen molar-refractivity contribution in [3.05, 3.63) is 23.5 Å². The van der Waals surface area contributed by atoms with Crippen molar-refractivity contribution in [2.45, 2.75) is 13.3 Å². The average molecular weight is 168 g/mol. The van der Waals surface area contributed by atoms with E-state index in [1.165, 1.54) is 18.3 Å². The van der Waals surface area contributed by atoms with Crippen LogP contribution in [0.5, 0.6) is 5.75 Å². The molecule has 0 atom stereocenters. The number of rotatable bonds is 3. The van der Waals surface area contributed by atoms with Gasteiger partial charge in [0.15, 0.2) is 0 Å². The number of pyridine rings is 1. The minimum atomic E-state index is -0.0130. The molecule has 0 spiro atoms. The number of nitrogens with zero attached hydrogens (tertiary/aromatic N) is 1. The summed E-state index contributed by atoms with van der Waals surface area (Å²) < 4.78 is 0.616. The minimum absolute atomic E-state index is 0.0130. The number of nitrogens with one attached hydrogen (secondary N) is 1. The van der Waals surface area contributed by atoms with Crippen LogP contribution in [0.2, 0.25) is 0 Å². The highest BCUT2D eigenvalue weighted by Gasteiger charge is 2.07. The molecule has 12 heavy (non-hydrogen) atoms. The molecule has 0 aliphatic rings. The van der Waals surface area contributed by atoms with Crippen LogP contribution in [0.4, 0.5) is 5.82 Å². The first-order chi connectivity index (χ1) is 5.75. The van der Waals surface area contributed by atoms with Crippen molar-refractivity contribution < 1.29 is 9.84 Å². The van der Waals surface area contributed by atoms with Crippen LogP contribution in [0, 0.1) is 5.21 Å². The maximum Gasteiger partial charge on any atom is 0.320 e. The molecule has 0 fully saturated rings. The maximum absolute atomic E-state index is 11.0. The summed E-state index contributed by atoms with van der Waals surface area (Å²) in [5, 5.41) is 23.1. The van der Waals surface area contributed by atoms with Gasteiger partial charge in [0.25, 0.3) is 0 Å². The second-order valence-corrected chi connectivity index (χ2v) is 2.49. The Labute approximate surface area is 71.0 Å². The third kappa shape index (κ3) is 1.78. The van der Waals surface area contributed by atoms with Gasteiger partial charge in [0.05, 0.1) is 12.7 Å². The summed E-state index contributed by atoms with van der Waals surface area (Å²) in [5.74, 6) is 0.209. The lowest BCUT2D eigenvalue weighted by Gasteiger charge is -2.08. The lowest BCUT2D eigenvalue weighted by atomic mass is 10.4. The first-order valence-corrected chi connectivity index (χ1v) is 3.90. The van der Waals surface area contributed by atoms with Gasteiger partial charge < -0.3 is 10.3 Å². The summed E-state index contributed by atoms with van der Waals surface area (Å²) >= 11 is 0. The summed E-state index contributed by atoms with van der Waals surface area (Å²) in [6.45, 7) is 2.67. The Morgan fingerprint density at radius 3 is 3.00 bits per heavy atom. The first-order valence-electron chi connectivity index (χ1n) is 3.90. The molecule has 4 heteroatoms. The third-order valence-corrected chi connectivity index (χ3v) is 1.48. The van der Waals surface area contributed by atoms with Crippen LogP contribution in [0.3, 0.4) is 0 Å². The number of aromatic hydroxyl groups is 1. The molecule has 0 radical (unpaired) electrons. The molecule has 0 bridgehead atoms. The van der Waals surface area contributed by atoms with Crippen LogP contribution in [0.25, 0.3) is 0 Å². The molecule has 0 aromatic carbocycles. The molecule has 0 saturated heterocycles. The third-order valence-electron chi connectivity index (χ3n) is 1.48. The summed E-state index contributed by atoms with van der Waals surface area (Å²) in [6.07, 6.45) is 2.26. The second kappa shape index (κ2) is 3.80. The van der Waals surface area contributed by atoms with E-state index in [2.05, 4.69) is 5.32 Å². The average Bonchev–Trinajstić information content (AvgIpc) is 2.04. The lowest BCUT2D eigenvalue weighted by Crippen LogP contribution is -2.30. The molecule has 2 N–H and O–H groups in total. The van der Waals surface area contributed by atoms with E-state index in [0.29, 0.717) is 11.3 Å². The van der Waals surface area contributed by atoms with Gasteiger partial charge in [-0.3, -0.25) is 5.32 Å². The monoisotopic (exact) mass is 168 g/mol. The molecule has 1 heterocycles. The number of hydrogen-bond acceptors (Lipinski definition) is 3. The normalized spacial score (nSPS) is 9.75. The Bertz CT molecular complexity index is 243. The smallest absolute Gasteiger partial charge is 0.320 e. The van der Waals surface area contributed by atoms with Crippen molar-refractivity contribution in [1.29, 1.82) is 0 Å². The molecule has 1 rings (SSSR count). The highest BCUT2D eigenvalue weighted by Crippen LogP contribution is 2.15. The van der Waals surface area contributed by atoms with E-state index in [1.807, 2.05) is 6.92 Å². The Hall–Kier alpha value is -1.45. The van der Waals surface area contributed by atoms with E-state index in [9.17, 15) is 10.3 Å². The fraction of sp³-hybridized carbons (Fsp3) is 0.375. The largest absolute Gasteiger partial charge is 0.711 e. The fourth-order valence-corrected chi connectivity index (χ4v) is 0.891. The molecule has 0 unspecified atom stereocenters. The van der Waals surface area contributed by atoms with Gasteiger partial charge in [0, 0.05) is 0 Å². The van der Waals surface area contributed by atoms with E-state index in [-0.39, 0.29) is 11.6 Å². The zero-order chi connectivity index (χ0) is 8.97. The van der Waals surface area contributed by atoms with Crippen LogP contribution in [-0.2, 0) is 0 Å². The van der Waals surface area contributed by atoms with E-state index in [4.69, 9.17) is 0 Å². The fourth-order valence-electron chi connectivity index (χ4n) is 0.891. The molecule has 1 aromatic rings. The Kier molecular flexibility index (Phi) is 2.74. The first kappa shape index (κ1) is 8.64. The van der Waals surface area contributed by atoms with Gasteiger partial charge in [-0.05, 0) is 18.6 Å². The van der Waals surface area contributed by atoms with E-state index in [0.717, 1.165) is 6.42 Å². The molecular weight excluding hydrogens is 156 g/mol.